The van der Waals surface area contributed by atoms with Gasteiger partial charge in [0, 0.05) is 18.6 Å². The topological polar surface area (TPSA) is 38.0 Å². The van der Waals surface area contributed by atoms with Gasteiger partial charge in [0.1, 0.15) is 5.82 Å². The lowest BCUT2D eigenvalue weighted by atomic mass is 10.2. The van der Waals surface area contributed by atoms with Gasteiger partial charge in [-0.05, 0) is 37.0 Å². The molecule has 0 heterocycles. The van der Waals surface area contributed by atoms with Crippen molar-refractivity contribution in [1.29, 1.82) is 0 Å². The molecule has 2 unspecified atom stereocenters. The number of hydrogen-bond acceptors (Lipinski definition) is 2. The maximum atomic E-state index is 12.6. The molecule has 1 saturated carbocycles. The highest BCUT2D eigenvalue weighted by Gasteiger charge is 2.20. The molecule has 0 amide bonds. The second-order valence-electron chi connectivity index (χ2n) is 4.28. The first kappa shape index (κ1) is 10.6. The van der Waals surface area contributed by atoms with Crippen molar-refractivity contribution < 1.29 is 4.39 Å². The molecule has 2 atom stereocenters. The zero-order valence-electron chi connectivity index (χ0n) is 8.75. The van der Waals surface area contributed by atoms with Crippen LogP contribution in [0.2, 0.25) is 0 Å². The van der Waals surface area contributed by atoms with Gasteiger partial charge in [-0.1, -0.05) is 12.1 Å². The van der Waals surface area contributed by atoms with Crippen LogP contribution in [-0.4, -0.2) is 12.1 Å². The summed E-state index contributed by atoms with van der Waals surface area (Å²) in [7, 11) is 0. The molecule has 0 radical (unpaired) electrons. The van der Waals surface area contributed by atoms with E-state index in [1.165, 1.54) is 12.1 Å². The molecule has 15 heavy (non-hydrogen) atoms. The van der Waals surface area contributed by atoms with Crippen LogP contribution in [0.15, 0.2) is 24.3 Å². The molecular weight excluding hydrogens is 191 g/mol. The number of rotatable bonds is 3. The van der Waals surface area contributed by atoms with E-state index in [2.05, 4.69) is 5.32 Å². The highest BCUT2D eigenvalue weighted by molar-refractivity contribution is 5.15. The Morgan fingerprint density at radius 2 is 2.00 bits per heavy atom. The van der Waals surface area contributed by atoms with Crippen LogP contribution in [0.1, 0.15) is 24.8 Å². The van der Waals surface area contributed by atoms with Crippen LogP contribution in [0.5, 0.6) is 0 Å². The average molecular weight is 208 g/mol. The molecule has 0 spiro atoms. The molecule has 0 bridgehead atoms. The Hall–Kier alpha value is -0.930. The van der Waals surface area contributed by atoms with Crippen molar-refractivity contribution in [3.05, 3.63) is 35.6 Å². The van der Waals surface area contributed by atoms with Crippen LogP contribution < -0.4 is 11.1 Å². The van der Waals surface area contributed by atoms with Crippen molar-refractivity contribution in [3.63, 3.8) is 0 Å². The second kappa shape index (κ2) is 4.73. The molecular formula is C12H17FN2. The number of benzene rings is 1. The Balaban J connectivity index is 1.80. The first-order chi connectivity index (χ1) is 7.24. The molecule has 82 valence electrons. The third-order valence-corrected chi connectivity index (χ3v) is 2.98. The predicted molar refractivity (Wildman–Crippen MR) is 58.9 cm³/mol. The molecule has 3 N–H and O–H groups in total. The number of nitrogens with two attached hydrogens (primary N) is 1. The molecule has 2 rings (SSSR count). The lowest BCUT2D eigenvalue weighted by Gasteiger charge is -2.12. The molecule has 1 aromatic carbocycles. The summed E-state index contributed by atoms with van der Waals surface area (Å²) < 4.78 is 12.6. The minimum absolute atomic E-state index is 0.179. The normalized spacial score (nSPS) is 25.7. The SMILES string of the molecule is NC1CCC(NCc2ccc(F)cc2)C1. The van der Waals surface area contributed by atoms with Crippen molar-refractivity contribution in [3.8, 4) is 0 Å². The van der Waals surface area contributed by atoms with E-state index in [4.69, 9.17) is 5.73 Å². The molecule has 1 aliphatic rings. The smallest absolute Gasteiger partial charge is 0.123 e. The van der Waals surface area contributed by atoms with Gasteiger partial charge in [-0.2, -0.15) is 0 Å². The molecule has 0 aromatic heterocycles. The minimum atomic E-state index is -0.179. The van der Waals surface area contributed by atoms with E-state index < -0.39 is 0 Å². The van der Waals surface area contributed by atoms with Crippen molar-refractivity contribution in [2.45, 2.75) is 37.9 Å². The zero-order valence-corrected chi connectivity index (χ0v) is 8.75. The summed E-state index contributed by atoms with van der Waals surface area (Å²) in [4.78, 5) is 0. The number of halogens is 1. The second-order valence-corrected chi connectivity index (χ2v) is 4.28. The monoisotopic (exact) mass is 208 g/mol. The summed E-state index contributed by atoms with van der Waals surface area (Å²) >= 11 is 0. The van der Waals surface area contributed by atoms with E-state index in [0.717, 1.165) is 31.4 Å². The third kappa shape index (κ3) is 3.01. The Bertz CT molecular complexity index is 310. The van der Waals surface area contributed by atoms with Crippen LogP contribution >= 0.6 is 0 Å². The standard InChI is InChI=1S/C12H17FN2/c13-10-3-1-9(2-4-10)8-15-12-6-5-11(14)7-12/h1-4,11-12,15H,5-8,14H2. The van der Waals surface area contributed by atoms with Gasteiger partial charge in [0.05, 0.1) is 0 Å². The van der Waals surface area contributed by atoms with Crippen LogP contribution in [0.3, 0.4) is 0 Å². The Kier molecular flexibility index (Phi) is 3.34. The van der Waals surface area contributed by atoms with Crippen molar-refractivity contribution in [1.82, 2.24) is 5.32 Å². The number of nitrogens with one attached hydrogen (secondary N) is 1. The number of hydrogen-bond donors (Lipinski definition) is 2. The Labute approximate surface area is 89.7 Å². The summed E-state index contributed by atoms with van der Waals surface area (Å²) in [6, 6.07) is 7.52. The average Bonchev–Trinajstić information content (AvgIpc) is 2.64. The first-order valence-corrected chi connectivity index (χ1v) is 5.47. The first-order valence-electron chi connectivity index (χ1n) is 5.47. The summed E-state index contributed by atoms with van der Waals surface area (Å²) in [6.07, 6.45) is 3.32. The van der Waals surface area contributed by atoms with Crippen LogP contribution in [0.4, 0.5) is 4.39 Å². The maximum Gasteiger partial charge on any atom is 0.123 e. The van der Waals surface area contributed by atoms with E-state index in [0.29, 0.717) is 12.1 Å². The molecule has 2 nitrogen and oxygen atoms in total. The highest BCUT2D eigenvalue weighted by atomic mass is 19.1. The minimum Gasteiger partial charge on any atom is -0.328 e. The predicted octanol–water partition coefficient (Wildman–Crippen LogP) is 1.80. The highest BCUT2D eigenvalue weighted by Crippen LogP contribution is 2.17. The molecule has 1 aromatic rings. The van der Waals surface area contributed by atoms with E-state index in [1.54, 1.807) is 0 Å². The van der Waals surface area contributed by atoms with E-state index in [-0.39, 0.29) is 5.82 Å². The van der Waals surface area contributed by atoms with Gasteiger partial charge in [-0.25, -0.2) is 4.39 Å². The lowest BCUT2D eigenvalue weighted by Crippen LogP contribution is -2.27. The van der Waals surface area contributed by atoms with Gasteiger partial charge in [0.25, 0.3) is 0 Å². The van der Waals surface area contributed by atoms with Crippen LogP contribution in [0, 0.1) is 5.82 Å². The van der Waals surface area contributed by atoms with Gasteiger partial charge in [0.2, 0.25) is 0 Å². The lowest BCUT2D eigenvalue weighted by molar-refractivity contribution is 0.516. The Morgan fingerprint density at radius 3 is 2.60 bits per heavy atom. The fourth-order valence-electron chi connectivity index (χ4n) is 2.07. The summed E-state index contributed by atoms with van der Waals surface area (Å²) in [5, 5.41) is 3.45. The van der Waals surface area contributed by atoms with E-state index >= 15 is 0 Å². The van der Waals surface area contributed by atoms with E-state index in [1.807, 2.05) is 12.1 Å². The van der Waals surface area contributed by atoms with Gasteiger partial charge in [-0.3, -0.25) is 0 Å². The van der Waals surface area contributed by atoms with E-state index in [9.17, 15) is 4.39 Å². The van der Waals surface area contributed by atoms with Crippen molar-refractivity contribution >= 4 is 0 Å². The molecule has 1 fully saturated rings. The third-order valence-electron chi connectivity index (χ3n) is 2.98. The van der Waals surface area contributed by atoms with Crippen LogP contribution in [-0.2, 0) is 6.54 Å². The van der Waals surface area contributed by atoms with Crippen LogP contribution in [0.25, 0.3) is 0 Å². The summed E-state index contributed by atoms with van der Waals surface area (Å²) in [5.41, 5.74) is 6.95. The molecule has 3 heteroatoms. The van der Waals surface area contributed by atoms with Crippen molar-refractivity contribution in [2.24, 2.45) is 5.73 Å². The fourth-order valence-corrected chi connectivity index (χ4v) is 2.07. The summed E-state index contributed by atoms with van der Waals surface area (Å²) in [5.74, 6) is -0.179. The quantitative estimate of drug-likeness (QED) is 0.794. The largest absolute Gasteiger partial charge is 0.328 e. The molecule has 0 aliphatic heterocycles. The van der Waals surface area contributed by atoms with Gasteiger partial charge >= 0.3 is 0 Å². The van der Waals surface area contributed by atoms with Gasteiger partial charge in [-0.15, -0.1) is 0 Å². The zero-order chi connectivity index (χ0) is 10.7. The molecule has 1 aliphatic carbocycles. The van der Waals surface area contributed by atoms with Gasteiger partial charge < -0.3 is 11.1 Å². The summed E-state index contributed by atoms with van der Waals surface area (Å²) in [6.45, 7) is 0.803. The Morgan fingerprint density at radius 1 is 1.27 bits per heavy atom. The fraction of sp³-hybridized carbons (Fsp3) is 0.500. The molecule has 0 saturated heterocycles. The maximum absolute atomic E-state index is 12.6. The van der Waals surface area contributed by atoms with Crippen molar-refractivity contribution in [2.75, 3.05) is 0 Å². The van der Waals surface area contributed by atoms with Gasteiger partial charge in [0.15, 0.2) is 0 Å².